The summed E-state index contributed by atoms with van der Waals surface area (Å²) < 4.78 is 16.2. The number of hydrogen-bond acceptors (Lipinski definition) is 4. The van der Waals surface area contributed by atoms with Gasteiger partial charge in [-0.3, -0.25) is 0 Å². The maximum atomic E-state index is 10.1. The molecule has 0 heterocycles. The lowest BCUT2D eigenvalue weighted by atomic mass is 9.89. The van der Waals surface area contributed by atoms with Crippen molar-refractivity contribution in [3.05, 3.63) is 18.2 Å². The molecule has 1 aromatic rings. The molecule has 0 amide bonds. The van der Waals surface area contributed by atoms with Crippen LogP contribution in [0.15, 0.2) is 18.2 Å². The van der Waals surface area contributed by atoms with E-state index in [-0.39, 0.29) is 8.41 Å². The highest BCUT2D eigenvalue weighted by Gasteiger charge is 2.37. The third-order valence-electron chi connectivity index (χ3n) is 3.20. The summed E-state index contributed by atoms with van der Waals surface area (Å²) in [4.78, 5) is 0. The topological polar surface area (TPSA) is 47.9 Å². The minimum atomic E-state index is -0.958. The fraction of sp³-hybridized carbons (Fsp3) is 0.571. The van der Waals surface area contributed by atoms with Crippen molar-refractivity contribution < 1.29 is 19.3 Å². The molecule has 0 aliphatic carbocycles. The molecule has 0 saturated carbocycles. The number of ether oxygens (including phenoxy) is 3. The molecule has 1 aromatic carbocycles. The Balaban J connectivity index is 0.00000324. The summed E-state index contributed by atoms with van der Waals surface area (Å²) in [5.74, 6) is 1.87. The van der Waals surface area contributed by atoms with Crippen LogP contribution in [-0.4, -0.2) is 38.9 Å². The summed E-state index contributed by atoms with van der Waals surface area (Å²) in [5, 5.41) is 10.1. The van der Waals surface area contributed by atoms with Crippen molar-refractivity contribution in [3.8, 4) is 17.2 Å². The van der Waals surface area contributed by atoms with Gasteiger partial charge >= 0.3 is 0 Å². The van der Waals surface area contributed by atoms with Crippen LogP contribution in [0.2, 0.25) is 0 Å². The van der Waals surface area contributed by atoms with Crippen LogP contribution < -0.4 is 14.2 Å². The normalized spacial score (nSPS) is 11.5. The molecular weight excluding hydrogens is 243 g/mol. The highest BCUT2D eigenvalue weighted by Crippen LogP contribution is 2.34. The molecule has 108 valence electrons. The van der Waals surface area contributed by atoms with E-state index < -0.39 is 11.2 Å². The lowest BCUT2D eigenvalue weighted by Gasteiger charge is -2.37. The van der Waals surface area contributed by atoms with Crippen molar-refractivity contribution >= 4 is 8.41 Å². The van der Waals surface area contributed by atoms with E-state index in [1.54, 1.807) is 46.3 Å². The minimum absolute atomic E-state index is 0. The first-order valence-corrected chi connectivity index (χ1v) is 5.84. The summed E-state index contributed by atoms with van der Waals surface area (Å²) >= 11 is 0. The van der Waals surface area contributed by atoms with Crippen molar-refractivity contribution in [1.82, 2.24) is 0 Å². The van der Waals surface area contributed by atoms with Crippen LogP contribution in [0.4, 0.5) is 0 Å². The molecule has 0 unspecified atom stereocenters. The maximum Gasteiger partial charge on any atom is 0.164 e. The predicted molar refractivity (Wildman–Crippen MR) is 80.5 cm³/mol. The molecule has 0 radical (unpaired) electrons. The van der Waals surface area contributed by atoms with Gasteiger partial charge in [-0.05, 0) is 39.8 Å². The highest BCUT2D eigenvalue weighted by molar-refractivity contribution is 5.75. The second kappa shape index (κ2) is 6.19. The molecule has 0 aliphatic rings. The van der Waals surface area contributed by atoms with E-state index in [1.165, 1.54) is 0 Å². The molecule has 0 saturated heterocycles. The van der Waals surface area contributed by atoms with Crippen LogP contribution in [0.3, 0.4) is 0 Å². The van der Waals surface area contributed by atoms with Crippen molar-refractivity contribution in [1.29, 1.82) is 0 Å². The zero-order valence-corrected chi connectivity index (χ0v) is 11.9. The molecule has 0 aliphatic heterocycles. The van der Waals surface area contributed by atoms with Crippen LogP contribution in [0.5, 0.6) is 17.2 Å². The Bertz CT molecular complexity index is 410. The average molecular weight is 268 g/mol. The zero-order chi connectivity index (χ0) is 14.0. The Hall–Kier alpha value is -1.36. The zero-order valence-electron chi connectivity index (χ0n) is 11.9. The third kappa shape index (κ3) is 4.06. The standard InChI is InChI=1S/C14H22O4.BH3/c1-13(2,15)14(3,4)18-10-7-8-11(16-5)12(9-10)17-6;/h7-9,15H,1-6H3;1H3. The molecule has 0 atom stereocenters. The smallest absolute Gasteiger partial charge is 0.164 e. The Morgan fingerprint density at radius 1 is 0.947 bits per heavy atom. The van der Waals surface area contributed by atoms with E-state index in [4.69, 9.17) is 14.2 Å². The Kier molecular flexibility index (Phi) is 5.75. The Morgan fingerprint density at radius 2 is 1.47 bits per heavy atom. The summed E-state index contributed by atoms with van der Waals surface area (Å²) in [6.07, 6.45) is 0. The molecule has 0 bridgehead atoms. The van der Waals surface area contributed by atoms with Gasteiger partial charge in [0.15, 0.2) is 11.5 Å². The second-order valence-electron chi connectivity index (χ2n) is 5.19. The summed E-state index contributed by atoms with van der Waals surface area (Å²) in [6, 6.07) is 5.30. The highest BCUT2D eigenvalue weighted by atomic mass is 16.5. The molecular formula is C14H25BO4. The van der Waals surface area contributed by atoms with Crippen LogP contribution >= 0.6 is 0 Å². The van der Waals surface area contributed by atoms with Gasteiger partial charge in [0.1, 0.15) is 11.4 Å². The van der Waals surface area contributed by atoms with Crippen LogP contribution in [0, 0.1) is 0 Å². The van der Waals surface area contributed by atoms with E-state index in [0.717, 1.165) is 0 Å². The van der Waals surface area contributed by atoms with Crippen molar-refractivity contribution in [2.75, 3.05) is 14.2 Å². The van der Waals surface area contributed by atoms with E-state index in [1.807, 2.05) is 13.8 Å². The molecule has 0 spiro atoms. The van der Waals surface area contributed by atoms with Gasteiger partial charge in [0.05, 0.1) is 28.2 Å². The summed E-state index contributed by atoms with van der Waals surface area (Å²) in [5.41, 5.74) is -1.67. The van der Waals surface area contributed by atoms with Gasteiger partial charge in [-0.15, -0.1) is 0 Å². The molecule has 4 nitrogen and oxygen atoms in total. The van der Waals surface area contributed by atoms with Gasteiger partial charge in [-0.1, -0.05) is 0 Å². The van der Waals surface area contributed by atoms with Gasteiger partial charge in [0, 0.05) is 6.07 Å². The largest absolute Gasteiger partial charge is 0.493 e. The maximum absolute atomic E-state index is 10.1. The van der Waals surface area contributed by atoms with E-state index in [2.05, 4.69) is 0 Å². The fourth-order valence-electron chi connectivity index (χ4n) is 1.30. The number of benzene rings is 1. The van der Waals surface area contributed by atoms with Crippen molar-refractivity contribution in [3.63, 3.8) is 0 Å². The van der Waals surface area contributed by atoms with Crippen molar-refractivity contribution in [2.45, 2.75) is 38.9 Å². The van der Waals surface area contributed by atoms with E-state index >= 15 is 0 Å². The quantitative estimate of drug-likeness (QED) is 0.821. The van der Waals surface area contributed by atoms with Gasteiger partial charge in [0.2, 0.25) is 0 Å². The number of hydrogen-bond donors (Lipinski definition) is 1. The molecule has 0 fully saturated rings. The molecule has 0 aromatic heterocycles. The number of rotatable bonds is 5. The first-order chi connectivity index (χ1) is 8.21. The van der Waals surface area contributed by atoms with Crippen LogP contribution in [-0.2, 0) is 0 Å². The SMILES string of the molecule is B.COc1ccc(OC(C)(C)C(C)(C)O)cc1OC. The molecule has 5 heteroatoms. The summed E-state index contributed by atoms with van der Waals surface area (Å²) in [6.45, 7) is 7.11. The molecule has 19 heavy (non-hydrogen) atoms. The third-order valence-corrected chi connectivity index (χ3v) is 3.20. The Morgan fingerprint density at radius 3 is 1.89 bits per heavy atom. The fourth-order valence-corrected chi connectivity index (χ4v) is 1.30. The summed E-state index contributed by atoms with van der Waals surface area (Å²) in [7, 11) is 3.15. The minimum Gasteiger partial charge on any atom is -0.493 e. The van der Waals surface area contributed by atoms with Gasteiger partial charge in [0.25, 0.3) is 0 Å². The lowest BCUT2D eigenvalue weighted by molar-refractivity contribution is -0.0907. The van der Waals surface area contributed by atoms with E-state index in [0.29, 0.717) is 17.2 Å². The first kappa shape index (κ1) is 17.6. The van der Waals surface area contributed by atoms with Crippen molar-refractivity contribution in [2.24, 2.45) is 0 Å². The lowest BCUT2D eigenvalue weighted by Crippen LogP contribution is -2.49. The monoisotopic (exact) mass is 268 g/mol. The van der Waals surface area contributed by atoms with Gasteiger partial charge in [-0.2, -0.15) is 0 Å². The second-order valence-corrected chi connectivity index (χ2v) is 5.19. The number of methoxy groups -OCH3 is 2. The first-order valence-electron chi connectivity index (χ1n) is 5.84. The molecule has 1 N–H and O–H groups in total. The average Bonchev–Trinajstić information content (AvgIpc) is 2.26. The number of aliphatic hydroxyl groups is 1. The molecule has 1 rings (SSSR count). The van der Waals surface area contributed by atoms with Gasteiger partial charge in [-0.25, -0.2) is 0 Å². The Labute approximate surface area is 117 Å². The van der Waals surface area contributed by atoms with E-state index in [9.17, 15) is 5.11 Å². The van der Waals surface area contributed by atoms with Crippen LogP contribution in [0.1, 0.15) is 27.7 Å². The van der Waals surface area contributed by atoms with Gasteiger partial charge < -0.3 is 19.3 Å². The van der Waals surface area contributed by atoms with Crippen LogP contribution in [0.25, 0.3) is 0 Å². The predicted octanol–water partition coefficient (Wildman–Crippen LogP) is 1.45.